The smallest absolute Gasteiger partial charge is 0.234 e. The summed E-state index contributed by atoms with van der Waals surface area (Å²) in [6.45, 7) is 8.23. The van der Waals surface area contributed by atoms with Gasteiger partial charge in [0.15, 0.2) is 0 Å². The highest BCUT2D eigenvalue weighted by molar-refractivity contribution is 5.77. The average Bonchev–Trinajstić information content (AvgIpc) is 3.22. The lowest BCUT2D eigenvalue weighted by molar-refractivity contribution is -0.122. The molecule has 2 saturated heterocycles. The third-order valence-corrected chi connectivity index (χ3v) is 4.91. The standard InChI is InChI=1S/C18H30N6O3/c1-2-19-17(26)12-23-5-7-24(8-6-23)16-11-15(14-3-10-27-13-14)21-18(22-16)20-4-9-25/h11,14,25H,2-10,12-13H2,1H3,(H,19,26)(H,20,21,22)/t14-/m0/s1. The molecular formula is C18H30N6O3. The molecule has 9 nitrogen and oxygen atoms in total. The second-order valence-corrected chi connectivity index (χ2v) is 6.90. The van der Waals surface area contributed by atoms with Crippen LogP contribution in [-0.4, -0.2) is 91.5 Å². The zero-order chi connectivity index (χ0) is 19.1. The first-order chi connectivity index (χ1) is 13.2. The van der Waals surface area contributed by atoms with Gasteiger partial charge in [0.25, 0.3) is 0 Å². The van der Waals surface area contributed by atoms with E-state index < -0.39 is 0 Å². The van der Waals surface area contributed by atoms with E-state index in [1.54, 1.807) is 0 Å². The molecule has 1 amide bonds. The van der Waals surface area contributed by atoms with Crippen molar-refractivity contribution in [3.05, 3.63) is 11.8 Å². The monoisotopic (exact) mass is 378 g/mol. The molecule has 1 aromatic rings. The van der Waals surface area contributed by atoms with Crippen LogP contribution >= 0.6 is 0 Å². The maximum atomic E-state index is 11.8. The number of nitrogens with one attached hydrogen (secondary N) is 2. The summed E-state index contributed by atoms with van der Waals surface area (Å²) in [7, 11) is 0. The van der Waals surface area contributed by atoms with Crippen LogP contribution in [0.25, 0.3) is 0 Å². The van der Waals surface area contributed by atoms with E-state index in [1.807, 2.05) is 6.92 Å². The third-order valence-electron chi connectivity index (χ3n) is 4.91. The van der Waals surface area contributed by atoms with Crippen LogP contribution in [0.5, 0.6) is 0 Å². The number of piperazine rings is 1. The summed E-state index contributed by atoms with van der Waals surface area (Å²) >= 11 is 0. The molecule has 2 fully saturated rings. The molecule has 3 N–H and O–H groups in total. The number of carbonyl (C=O) groups is 1. The van der Waals surface area contributed by atoms with Crippen LogP contribution in [0.1, 0.15) is 25.0 Å². The Hall–Kier alpha value is -1.97. The predicted molar refractivity (Wildman–Crippen MR) is 103 cm³/mol. The van der Waals surface area contributed by atoms with Crippen LogP contribution in [0.2, 0.25) is 0 Å². The van der Waals surface area contributed by atoms with Crippen molar-refractivity contribution in [3.8, 4) is 0 Å². The maximum absolute atomic E-state index is 11.8. The summed E-state index contributed by atoms with van der Waals surface area (Å²) in [6.07, 6.45) is 0.968. The third kappa shape index (κ3) is 5.50. The molecule has 9 heteroatoms. The van der Waals surface area contributed by atoms with E-state index in [9.17, 15) is 4.79 Å². The fraction of sp³-hybridized carbons (Fsp3) is 0.722. The number of nitrogens with zero attached hydrogens (tertiary/aromatic N) is 4. The molecule has 1 aromatic heterocycles. The number of rotatable bonds is 8. The van der Waals surface area contributed by atoms with Crippen LogP contribution in [0, 0.1) is 0 Å². The normalized spacial score (nSPS) is 20.7. The Morgan fingerprint density at radius 1 is 1.33 bits per heavy atom. The summed E-state index contributed by atoms with van der Waals surface area (Å²) in [5, 5.41) is 15.0. The average molecular weight is 378 g/mol. The minimum absolute atomic E-state index is 0.0357. The van der Waals surface area contributed by atoms with Crippen molar-refractivity contribution in [3.63, 3.8) is 0 Å². The number of amides is 1. The Labute approximate surface area is 160 Å². The van der Waals surface area contributed by atoms with Gasteiger partial charge < -0.3 is 25.4 Å². The first-order valence-electron chi connectivity index (χ1n) is 9.75. The number of likely N-dealkylation sites (N-methyl/N-ethyl adjacent to an activating group) is 1. The van der Waals surface area contributed by atoms with Gasteiger partial charge in [0.2, 0.25) is 11.9 Å². The van der Waals surface area contributed by atoms with Crippen molar-refractivity contribution in [2.24, 2.45) is 0 Å². The molecule has 0 aromatic carbocycles. The Kier molecular flexibility index (Phi) is 7.19. The van der Waals surface area contributed by atoms with E-state index in [4.69, 9.17) is 9.84 Å². The second kappa shape index (κ2) is 9.82. The number of hydrogen-bond donors (Lipinski definition) is 3. The Morgan fingerprint density at radius 2 is 2.15 bits per heavy atom. The van der Waals surface area contributed by atoms with Crippen LogP contribution in [-0.2, 0) is 9.53 Å². The molecule has 0 spiro atoms. The van der Waals surface area contributed by atoms with E-state index in [0.29, 0.717) is 38.1 Å². The van der Waals surface area contributed by atoms with E-state index in [2.05, 4.69) is 36.5 Å². The van der Waals surface area contributed by atoms with Gasteiger partial charge in [-0.15, -0.1) is 0 Å². The number of anilines is 2. The molecule has 2 aliphatic heterocycles. The van der Waals surface area contributed by atoms with Gasteiger partial charge in [0.05, 0.1) is 25.5 Å². The Morgan fingerprint density at radius 3 is 2.81 bits per heavy atom. The van der Waals surface area contributed by atoms with E-state index in [0.717, 1.165) is 50.7 Å². The van der Waals surface area contributed by atoms with Crippen LogP contribution in [0.3, 0.4) is 0 Å². The second-order valence-electron chi connectivity index (χ2n) is 6.90. The lowest BCUT2D eigenvalue weighted by Crippen LogP contribution is -2.49. The fourth-order valence-electron chi connectivity index (χ4n) is 3.43. The van der Waals surface area contributed by atoms with E-state index in [-0.39, 0.29) is 12.5 Å². The molecular weight excluding hydrogens is 348 g/mol. The van der Waals surface area contributed by atoms with Crippen LogP contribution in [0.15, 0.2) is 6.07 Å². The molecule has 3 heterocycles. The molecule has 0 radical (unpaired) electrons. The topological polar surface area (TPSA) is 103 Å². The molecule has 0 unspecified atom stereocenters. The Balaban J connectivity index is 1.66. The summed E-state index contributed by atoms with van der Waals surface area (Å²) in [5.41, 5.74) is 0.989. The molecule has 1 atom stereocenters. The summed E-state index contributed by atoms with van der Waals surface area (Å²) in [5.74, 6) is 1.81. The lowest BCUT2D eigenvalue weighted by atomic mass is 10.0. The van der Waals surface area contributed by atoms with Crippen molar-refractivity contribution < 1.29 is 14.6 Å². The lowest BCUT2D eigenvalue weighted by Gasteiger charge is -2.35. The fourth-order valence-corrected chi connectivity index (χ4v) is 3.43. The number of aliphatic hydroxyl groups excluding tert-OH is 1. The summed E-state index contributed by atoms with van der Waals surface area (Å²) in [6, 6.07) is 2.06. The SMILES string of the molecule is CCNC(=O)CN1CCN(c2cc([C@H]3CCOC3)nc(NCCO)n2)CC1. The van der Waals surface area contributed by atoms with Crippen molar-refractivity contribution in [1.29, 1.82) is 0 Å². The highest BCUT2D eigenvalue weighted by Gasteiger charge is 2.24. The largest absolute Gasteiger partial charge is 0.395 e. The molecule has 0 aliphatic carbocycles. The van der Waals surface area contributed by atoms with Gasteiger partial charge in [0.1, 0.15) is 5.82 Å². The van der Waals surface area contributed by atoms with E-state index >= 15 is 0 Å². The van der Waals surface area contributed by atoms with Crippen molar-refractivity contribution in [2.75, 3.05) is 75.9 Å². The molecule has 3 rings (SSSR count). The van der Waals surface area contributed by atoms with Gasteiger partial charge in [-0.2, -0.15) is 4.98 Å². The maximum Gasteiger partial charge on any atom is 0.234 e. The van der Waals surface area contributed by atoms with Crippen LogP contribution in [0.4, 0.5) is 11.8 Å². The van der Waals surface area contributed by atoms with Gasteiger partial charge in [-0.05, 0) is 13.3 Å². The van der Waals surface area contributed by atoms with Gasteiger partial charge in [-0.1, -0.05) is 0 Å². The van der Waals surface area contributed by atoms with Crippen molar-refractivity contribution in [1.82, 2.24) is 20.2 Å². The first kappa shape index (κ1) is 19.8. The summed E-state index contributed by atoms with van der Waals surface area (Å²) < 4.78 is 5.51. The molecule has 0 saturated carbocycles. The van der Waals surface area contributed by atoms with Gasteiger partial charge in [0, 0.05) is 57.9 Å². The summed E-state index contributed by atoms with van der Waals surface area (Å²) in [4.78, 5) is 25.4. The number of hydrogen-bond acceptors (Lipinski definition) is 8. The van der Waals surface area contributed by atoms with Crippen molar-refractivity contribution in [2.45, 2.75) is 19.3 Å². The van der Waals surface area contributed by atoms with Gasteiger partial charge in [-0.3, -0.25) is 9.69 Å². The van der Waals surface area contributed by atoms with Gasteiger partial charge in [-0.25, -0.2) is 4.98 Å². The predicted octanol–water partition coefficient (Wildman–Crippen LogP) is -0.357. The minimum Gasteiger partial charge on any atom is -0.395 e. The molecule has 27 heavy (non-hydrogen) atoms. The number of aromatic nitrogens is 2. The zero-order valence-electron chi connectivity index (χ0n) is 16.0. The molecule has 150 valence electrons. The van der Waals surface area contributed by atoms with Crippen molar-refractivity contribution >= 4 is 17.7 Å². The minimum atomic E-state index is 0.0357. The number of ether oxygens (including phenoxy) is 1. The van der Waals surface area contributed by atoms with E-state index in [1.165, 1.54) is 0 Å². The first-order valence-corrected chi connectivity index (χ1v) is 9.75. The van der Waals surface area contributed by atoms with Crippen LogP contribution < -0.4 is 15.5 Å². The quantitative estimate of drug-likeness (QED) is 0.564. The highest BCUT2D eigenvalue weighted by Crippen LogP contribution is 2.27. The molecule has 2 aliphatic rings. The molecule has 0 bridgehead atoms. The Bertz CT molecular complexity index is 615. The van der Waals surface area contributed by atoms with Gasteiger partial charge >= 0.3 is 0 Å². The highest BCUT2D eigenvalue weighted by atomic mass is 16.5. The zero-order valence-corrected chi connectivity index (χ0v) is 16.0. The number of aliphatic hydroxyl groups is 1. The number of carbonyl (C=O) groups excluding carboxylic acids is 1.